The number of benzene rings is 1. The first-order chi connectivity index (χ1) is 7.88. The summed E-state index contributed by atoms with van der Waals surface area (Å²) < 4.78 is 49.7. The molecule has 0 aromatic heterocycles. The Balaban J connectivity index is 2.99. The molecule has 0 saturated heterocycles. The third-order valence-corrected chi connectivity index (χ3v) is 1.80. The lowest BCUT2D eigenvalue weighted by Gasteiger charge is -2.11. The Bertz CT molecular complexity index is 415. The molecule has 0 unspecified atom stereocenters. The second-order valence-electron chi connectivity index (χ2n) is 2.90. The highest BCUT2D eigenvalue weighted by Crippen LogP contribution is 2.32. The molecule has 0 atom stereocenters. The van der Waals surface area contributed by atoms with Crippen molar-refractivity contribution in [2.45, 2.75) is 6.18 Å². The number of carbonyl (C=O) groups is 1. The predicted molar refractivity (Wildman–Crippen MR) is 51.2 cm³/mol. The molecule has 0 aliphatic carbocycles. The lowest BCUT2D eigenvalue weighted by molar-refractivity contribution is -0.189. The first-order valence-corrected chi connectivity index (χ1v) is 4.39. The molecule has 0 aliphatic heterocycles. The van der Waals surface area contributed by atoms with Gasteiger partial charge in [0.2, 0.25) is 0 Å². The fourth-order valence-corrected chi connectivity index (χ4v) is 1.02. The molecule has 94 valence electrons. The Kier molecular flexibility index (Phi) is 3.82. The summed E-state index contributed by atoms with van der Waals surface area (Å²) >= 11 is 0. The molecule has 7 heteroatoms. The van der Waals surface area contributed by atoms with Crippen LogP contribution in [0.4, 0.5) is 13.2 Å². The Morgan fingerprint density at radius 1 is 1.12 bits per heavy atom. The molecule has 0 N–H and O–H groups in total. The van der Waals surface area contributed by atoms with Crippen molar-refractivity contribution < 1.29 is 32.2 Å². The summed E-state index contributed by atoms with van der Waals surface area (Å²) in [6, 6.07) is 3.92. The maximum atomic E-state index is 12.0. The average molecular weight is 250 g/mol. The van der Waals surface area contributed by atoms with Crippen LogP contribution in [0.2, 0.25) is 0 Å². The van der Waals surface area contributed by atoms with Gasteiger partial charge in [0.25, 0.3) is 0 Å². The number of rotatable bonds is 3. The van der Waals surface area contributed by atoms with Crippen molar-refractivity contribution in [2.24, 2.45) is 0 Å². The van der Waals surface area contributed by atoms with Gasteiger partial charge in [-0.25, -0.2) is 4.79 Å². The molecule has 1 aromatic rings. The fraction of sp³-hybridized carbons (Fsp3) is 0.300. The highest BCUT2D eigenvalue weighted by Gasteiger charge is 2.41. The van der Waals surface area contributed by atoms with E-state index < -0.39 is 12.1 Å². The summed E-state index contributed by atoms with van der Waals surface area (Å²) in [5.74, 6) is -2.42. The maximum Gasteiger partial charge on any atom is 0.491 e. The molecule has 0 spiro atoms. The highest BCUT2D eigenvalue weighted by atomic mass is 19.4. The fourth-order valence-electron chi connectivity index (χ4n) is 1.02. The van der Waals surface area contributed by atoms with Gasteiger partial charge in [0, 0.05) is 6.07 Å². The molecule has 0 saturated carbocycles. The SMILES string of the molecule is COc1ccc(OC)c(OC(=O)C(F)(F)F)c1. The molecular formula is C10H9F3O4. The zero-order chi connectivity index (χ0) is 13.1. The van der Waals surface area contributed by atoms with Crippen molar-refractivity contribution in [2.75, 3.05) is 14.2 Å². The minimum Gasteiger partial charge on any atom is -0.497 e. The van der Waals surface area contributed by atoms with Crippen LogP contribution in [0, 0.1) is 0 Å². The van der Waals surface area contributed by atoms with Crippen LogP contribution >= 0.6 is 0 Å². The van der Waals surface area contributed by atoms with Gasteiger partial charge in [-0.05, 0) is 12.1 Å². The topological polar surface area (TPSA) is 44.8 Å². The smallest absolute Gasteiger partial charge is 0.491 e. The van der Waals surface area contributed by atoms with Crippen LogP contribution in [0.5, 0.6) is 17.2 Å². The molecule has 0 amide bonds. The van der Waals surface area contributed by atoms with Crippen molar-refractivity contribution >= 4 is 5.97 Å². The molecule has 1 rings (SSSR count). The van der Waals surface area contributed by atoms with Gasteiger partial charge >= 0.3 is 12.1 Å². The number of ether oxygens (including phenoxy) is 3. The van der Waals surface area contributed by atoms with E-state index in [1.54, 1.807) is 0 Å². The Morgan fingerprint density at radius 3 is 2.24 bits per heavy atom. The summed E-state index contributed by atoms with van der Waals surface area (Å²) in [5.41, 5.74) is 0. The molecule has 0 aliphatic rings. The normalized spacial score (nSPS) is 10.9. The van der Waals surface area contributed by atoms with E-state index in [2.05, 4.69) is 4.74 Å². The predicted octanol–water partition coefficient (Wildman–Crippen LogP) is 2.17. The molecule has 0 fully saturated rings. The van der Waals surface area contributed by atoms with Crippen molar-refractivity contribution in [3.63, 3.8) is 0 Å². The molecule has 0 heterocycles. The largest absolute Gasteiger partial charge is 0.497 e. The van der Waals surface area contributed by atoms with Crippen LogP contribution in [-0.2, 0) is 4.79 Å². The summed E-state index contributed by atoms with van der Waals surface area (Å²) in [6.07, 6.45) is -5.06. The Morgan fingerprint density at radius 2 is 1.76 bits per heavy atom. The first-order valence-electron chi connectivity index (χ1n) is 4.39. The lowest BCUT2D eigenvalue weighted by atomic mass is 10.3. The molecular weight excluding hydrogens is 241 g/mol. The Hall–Kier alpha value is -1.92. The van der Waals surface area contributed by atoms with E-state index >= 15 is 0 Å². The number of hydrogen-bond donors (Lipinski definition) is 0. The van der Waals surface area contributed by atoms with Crippen molar-refractivity contribution in [1.29, 1.82) is 0 Å². The highest BCUT2D eigenvalue weighted by molar-refractivity contribution is 5.78. The standard InChI is InChI=1S/C10H9F3O4/c1-15-6-3-4-7(16-2)8(5-6)17-9(14)10(11,12)13/h3-5H,1-2H3. The summed E-state index contributed by atoms with van der Waals surface area (Å²) in [5, 5.41) is 0. The number of hydrogen-bond acceptors (Lipinski definition) is 4. The van der Waals surface area contributed by atoms with Gasteiger partial charge in [0.15, 0.2) is 11.5 Å². The summed E-state index contributed by atoms with van der Waals surface area (Å²) in [6.45, 7) is 0. The van der Waals surface area contributed by atoms with Gasteiger partial charge in [-0.1, -0.05) is 0 Å². The Labute approximate surface area is 94.9 Å². The molecule has 1 aromatic carbocycles. The van der Waals surface area contributed by atoms with Crippen molar-refractivity contribution in [1.82, 2.24) is 0 Å². The second kappa shape index (κ2) is 4.94. The summed E-state index contributed by atoms with van der Waals surface area (Å²) in [4.78, 5) is 10.7. The van der Waals surface area contributed by atoms with Gasteiger partial charge in [0.05, 0.1) is 14.2 Å². The van der Waals surface area contributed by atoms with E-state index in [9.17, 15) is 18.0 Å². The van der Waals surface area contributed by atoms with Crippen LogP contribution in [0.15, 0.2) is 18.2 Å². The van der Waals surface area contributed by atoms with E-state index in [1.807, 2.05) is 0 Å². The van der Waals surface area contributed by atoms with Crippen LogP contribution in [0.3, 0.4) is 0 Å². The van der Waals surface area contributed by atoms with Crippen LogP contribution in [0.1, 0.15) is 0 Å². The average Bonchev–Trinajstić information content (AvgIpc) is 2.27. The number of methoxy groups -OCH3 is 2. The van der Waals surface area contributed by atoms with Crippen LogP contribution in [-0.4, -0.2) is 26.4 Å². The molecule has 4 nitrogen and oxygen atoms in total. The number of halogens is 3. The minimum atomic E-state index is -5.06. The zero-order valence-electron chi connectivity index (χ0n) is 9.00. The van der Waals surface area contributed by atoms with Gasteiger partial charge in [-0.3, -0.25) is 0 Å². The first kappa shape index (κ1) is 13.1. The van der Waals surface area contributed by atoms with Crippen molar-refractivity contribution in [3.8, 4) is 17.2 Å². The number of carbonyl (C=O) groups excluding carboxylic acids is 1. The van der Waals surface area contributed by atoms with E-state index in [4.69, 9.17) is 9.47 Å². The second-order valence-corrected chi connectivity index (χ2v) is 2.90. The van der Waals surface area contributed by atoms with Gasteiger partial charge in [0.1, 0.15) is 5.75 Å². The van der Waals surface area contributed by atoms with Gasteiger partial charge < -0.3 is 14.2 Å². The van der Waals surface area contributed by atoms with E-state index in [-0.39, 0.29) is 17.2 Å². The maximum absolute atomic E-state index is 12.0. The summed E-state index contributed by atoms with van der Waals surface area (Å²) in [7, 11) is 2.57. The van der Waals surface area contributed by atoms with E-state index in [0.29, 0.717) is 0 Å². The van der Waals surface area contributed by atoms with Crippen LogP contribution in [0.25, 0.3) is 0 Å². The monoisotopic (exact) mass is 250 g/mol. The zero-order valence-corrected chi connectivity index (χ0v) is 9.00. The van der Waals surface area contributed by atoms with Gasteiger partial charge in [-0.2, -0.15) is 13.2 Å². The van der Waals surface area contributed by atoms with Crippen molar-refractivity contribution in [3.05, 3.63) is 18.2 Å². The third-order valence-electron chi connectivity index (χ3n) is 1.80. The molecule has 0 radical (unpaired) electrons. The quantitative estimate of drug-likeness (QED) is 0.609. The minimum absolute atomic E-state index is 0.00315. The lowest BCUT2D eigenvalue weighted by Crippen LogP contribution is -2.28. The number of esters is 1. The van der Waals surface area contributed by atoms with E-state index in [0.717, 1.165) is 6.07 Å². The van der Waals surface area contributed by atoms with Gasteiger partial charge in [-0.15, -0.1) is 0 Å². The third kappa shape index (κ3) is 3.27. The van der Waals surface area contributed by atoms with Crippen LogP contribution < -0.4 is 14.2 Å². The number of alkyl halides is 3. The molecule has 0 bridgehead atoms. The molecule has 17 heavy (non-hydrogen) atoms. The van der Waals surface area contributed by atoms with E-state index in [1.165, 1.54) is 26.4 Å².